The van der Waals surface area contributed by atoms with Crippen LogP contribution in [0.2, 0.25) is 0 Å². The summed E-state index contributed by atoms with van der Waals surface area (Å²) in [6.07, 6.45) is 5.00. The number of hydrogen-bond acceptors (Lipinski definition) is 3. The number of rotatable bonds is 8. The minimum Gasteiger partial charge on any atom is -0.493 e. The van der Waals surface area contributed by atoms with Crippen LogP contribution >= 0.6 is 0 Å². The van der Waals surface area contributed by atoms with E-state index in [-0.39, 0.29) is 5.91 Å². The SMILES string of the molecule is C=CCOc1ccc(C=CC(=O)N(C)Cc2ccccc2)cc1OC. The van der Waals surface area contributed by atoms with Crippen molar-refractivity contribution in [2.24, 2.45) is 0 Å². The lowest BCUT2D eigenvalue weighted by Crippen LogP contribution is -2.24. The first-order valence-electron chi connectivity index (χ1n) is 8.03. The number of methoxy groups -OCH3 is 1. The lowest BCUT2D eigenvalue weighted by atomic mass is 10.1. The van der Waals surface area contributed by atoms with E-state index in [1.54, 1.807) is 37.3 Å². The van der Waals surface area contributed by atoms with E-state index in [2.05, 4.69) is 6.58 Å². The van der Waals surface area contributed by atoms with Gasteiger partial charge in [0.2, 0.25) is 5.91 Å². The van der Waals surface area contributed by atoms with Gasteiger partial charge in [-0.3, -0.25) is 4.79 Å². The number of carbonyl (C=O) groups is 1. The average Bonchev–Trinajstić information content (AvgIpc) is 2.65. The Morgan fingerprint density at radius 2 is 1.92 bits per heavy atom. The second kappa shape index (κ2) is 9.33. The molecule has 25 heavy (non-hydrogen) atoms. The molecule has 0 bridgehead atoms. The van der Waals surface area contributed by atoms with Gasteiger partial charge in [0, 0.05) is 19.7 Å². The second-order valence-electron chi connectivity index (χ2n) is 5.52. The van der Waals surface area contributed by atoms with Crippen LogP contribution < -0.4 is 9.47 Å². The molecule has 130 valence electrons. The van der Waals surface area contributed by atoms with Crippen molar-refractivity contribution in [1.82, 2.24) is 4.90 Å². The highest BCUT2D eigenvalue weighted by atomic mass is 16.5. The standard InChI is InChI=1S/C21H23NO3/c1-4-14-25-19-12-10-17(15-20(19)24-3)11-13-21(23)22(2)16-18-8-6-5-7-9-18/h4-13,15H,1,14,16H2,2-3H3. The topological polar surface area (TPSA) is 38.8 Å². The van der Waals surface area contributed by atoms with Crippen LogP contribution in [0.5, 0.6) is 11.5 Å². The Morgan fingerprint density at radius 1 is 1.16 bits per heavy atom. The zero-order valence-corrected chi connectivity index (χ0v) is 14.6. The molecule has 0 aliphatic rings. The summed E-state index contributed by atoms with van der Waals surface area (Å²) in [5, 5.41) is 0. The number of hydrogen-bond donors (Lipinski definition) is 0. The molecule has 0 aliphatic heterocycles. The fourth-order valence-corrected chi connectivity index (χ4v) is 2.29. The molecule has 0 saturated carbocycles. The third kappa shape index (κ3) is 5.53. The van der Waals surface area contributed by atoms with Crippen molar-refractivity contribution in [2.75, 3.05) is 20.8 Å². The van der Waals surface area contributed by atoms with Gasteiger partial charge >= 0.3 is 0 Å². The molecule has 1 amide bonds. The summed E-state index contributed by atoms with van der Waals surface area (Å²) in [5.41, 5.74) is 1.96. The van der Waals surface area contributed by atoms with E-state index in [0.29, 0.717) is 24.7 Å². The lowest BCUT2D eigenvalue weighted by molar-refractivity contribution is -0.125. The molecule has 0 aliphatic carbocycles. The van der Waals surface area contributed by atoms with Gasteiger partial charge in [0.25, 0.3) is 0 Å². The fourth-order valence-electron chi connectivity index (χ4n) is 2.29. The van der Waals surface area contributed by atoms with Crippen molar-refractivity contribution >= 4 is 12.0 Å². The number of benzene rings is 2. The molecule has 0 aromatic heterocycles. The van der Waals surface area contributed by atoms with Crippen molar-refractivity contribution in [2.45, 2.75) is 6.54 Å². The van der Waals surface area contributed by atoms with Crippen LogP contribution in [0.25, 0.3) is 6.08 Å². The molecule has 0 unspecified atom stereocenters. The molecule has 0 saturated heterocycles. The zero-order valence-electron chi connectivity index (χ0n) is 14.6. The number of nitrogens with zero attached hydrogens (tertiary/aromatic N) is 1. The molecule has 4 heteroatoms. The Bertz CT molecular complexity index is 738. The highest BCUT2D eigenvalue weighted by Gasteiger charge is 2.07. The van der Waals surface area contributed by atoms with Crippen molar-refractivity contribution < 1.29 is 14.3 Å². The van der Waals surface area contributed by atoms with Gasteiger partial charge in [0.15, 0.2) is 11.5 Å². The summed E-state index contributed by atoms with van der Waals surface area (Å²) in [4.78, 5) is 13.9. The lowest BCUT2D eigenvalue weighted by Gasteiger charge is -2.15. The van der Waals surface area contributed by atoms with Crippen molar-refractivity contribution in [3.05, 3.63) is 78.4 Å². The van der Waals surface area contributed by atoms with Gasteiger partial charge in [-0.2, -0.15) is 0 Å². The predicted octanol–water partition coefficient (Wildman–Crippen LogP) is 3.93. The van der Waals surface area contributed by atoms with Crippen LogP contribution in [0.15, 0.2) is 67.3 Å². The van der Waals surface area contributed by atoms with Crippen LogP contribution in [0, 0.1) is 0 Å². The number of likely N-dealkylation sites (N-methyl/N-ethyl adjacent to an activating group) is 1. The first kappa shape index (κ1) is 18.3. The summed E-state index contributed by atoms with van der Waals surface area (Å²) in [6.45, 7) is 4.61. The predicted molar refractivity (Wildman–Crippen MR) is 101 cm³/mol. The quantitative estimate of drug-likeness (QED) is 0.541. The molecule has 0 radical (unpaired) electrons. The zero-order chi connectivity index (χ0) is 18.1. The van der Waals surface area contributed by atoms with E-state index in [4.69, 9.17) is 9.47 Å². The van der Waals surface area contributed by atoms with Gasteiger partial charge in [-0.25, -0.2) is 0 Å². The van der Waals surface area contributed by atoms with E-state index in [1.807, 2.05) is 48.5 Å². The van der Waals surface area contributed by atoms with Gasteiger partial charge < -0.3 is 14.4 Å². The third-order valence-corrected chi connectivity index (χ3v) is 3.60. The maximum atomic E-state index is 12.3. The van der Waals surface area contributed by atoms with Crippen LogP contribution in [0.1, 0.15) is 11.1 Å². The molecule has 2 aromatic carbocycles. The molecular formula is C21H23NO3. The minimum absolute atomic E-state index is 0.0604. The Morgan fingerprint density at radius 3 is 2.60 bits per heavy atom. The molecule has 2 aromatic rings. The molecule has 0 N–H and O–H groups in total. The molecule has 2 rings (SSSR count). The van der Waals surface area contributed by atoms with E-state index >= 15 is 0 Å². The molecule has 4 nitrogen and oxygen atoms in total. The average molecular weight is 337 g/mol. The smallest absolute Gasteiger partial charge is 0.246 e. The first-order valence-corrected chi connectivity index (χ1v) is 8.03. The van der Waals surface area contributed by atoms with Crippen molar-refractivity contribution in [1.29, 1.82) is 0 Å². The molecular weight excluding hydrogens is 314 g/mol. The summed E-state index contributed by atoms with van der Waals surface area (Å²) in [5.74, 6) is 1.20. The van der Waals surface area contributed by atoms with Gasteiger partial charge in [0.1, 0.15) is 6.61 Å². The Labute approximate surface area is 149 Å². The maximum Gasteiger partial charge on any atom is 0.246 e. The van der Waals surface area contributed by atoms with Gasteiger partial charge in [-0.05, 0) is 29.3 Å². The van der Waals surface area contributed by atoms with Crippen LogP contribution in [-0.2, 0) is 11.3 Å². The number of ether oxygens (including phenoxy) is 2. The largest absolute Gasteiger partial charge is 0.493 e. The van der Waals surface area contributed by atoms with Gasteiger partial charge in [0.05, 0.1) is 7.11 Å². The van der Waals surface area contributed by atoms with Crippen molar-refractivity contribution in [3.63, 3.8) is 0 Å². The highest BCUT2D eigenvalue weighted by molar-refractivity contribution is 5.91. The number of amides is 1. The highest BCUT2D eigenvalue weighted by Crippen LogP contribution is 2.28. The van der Waals surface area contributed by atoms with E-state index in [1.165, 1.54) is 0 Å². The summed E-state index contributed by atoms with van der Waals surface area (Å²) in [7, 11) is 3.37. The normalized spacial score (nSPS) is 10.5. The molecule has 0 spiro atoms. The molecule has 0 heterocycles. The molecule has 0 fully saturated rings. The van der Waals surface area contributed by atoms with Crippen molar-refractivity contribution in [3.8, 4) is 11.5 Å². The monoisotopic (exact) mass is 337 g/mol. The Hall–Kier alpha value is -3.01. The fraction of sp³-hybridized carbons (Fsp3) is 0.190. The van der Waals surface area contributed by atoms with Crippen LogP contribution in [0.4, 0.5) is 0 Å². The minimum atomic E-state index is -0.0604. The van der Waals surface area contributed by atoms with E-state index in [9.17, 15) is 4.79 Å². The van der Waals surface area contributed by atoms with Gasteiger partial charge in [-0.15, -0.1) is 0 Å². The third-order valence-electron chi connectivity index (χ3n) is 3.60. The summed E-state index contributed by atoms with van der Waals surface area (Å²) in [6, 6.07) is 15.4. The Balaban J connectivity index is 2.02. The number of carbonyl (C=O) groups excluding carboxylic acids is 1. The summed E-state index contributed by atoms with van der Waals surface area (Å²) >= 11 is 0. The van der Waals surface area contributed by atoms with Crippen LogP contribution in [0.3, 0.4) is 0 Å². The Kier molecular flexibility index (Phi) is 6.84. The van der Waals surface area contributed by atoms with E-state index in [0.717, 1.165) is 11.1 Å². The van der Waals surface area contributed by atoms with Gasteiger partial charge in [-0.1, -0.05) is 49.1 Å². The summed E-state index contributed by atoms with van der Waals surface area (Å²) < 4.78 is 10.8. The van der Waals surface area contributed by atoms with E-state index < -0.39 is 0 Å². The first-order chi connectivity index (χ1) is 12.1. The maximum absolute atomic E-state index is 12.3. The second-order valence-corrected chi connectivity index (χ2v) is 5.52. The van der Waals surface area contributed by atoms with Crippen LogP contribution in [-0.4, -0.2) is 31.6 Å². The molecule has 0 atom stereocenters.